The molecule has 28 heavy (non-hydrogen) atoms. The summed E-state index contributed by atoms with van der Waals surface area (Å²) in [5, 5.41) is 5.45. The van der Waals surface area contributed by atoms with Crippen LogP contribution in [0.4, 0.5) is 4.39 Å². The monoisotopic (exact) mass is 383 g/mol. The van der Waals surface area contributed by atoms with Gasteiger partial charge in [0, 0.05) is 24.7 Å². The second-order valence-electron chi connectivity index (χ2n) is 6.66. The highest BCUT2D eigenvalue weighted by Crippen LogP contribution is 2.13. The Bertz CT molecular complexity index is 849. The summed E-state index contributed by atoms with van der Waals surface area (Å²) in [4.78, 5) is 38.2. The zero-order valence-electron chi connectivity index (χ0n) is 15.4. The third-order valence-electron chi connectivity index (χ3n) is 4.74. The maximum absolute atomic E-state index is 13.7. The van der Waals surface area contributed by atoms with Crippen LogP contribution in [0.25, 0.3) is 0 Å². The van der Waals surface area contributed by atoms with E-state index in [1.54, 1.807) is 35.2 Å². The van der Waals surface area contributed by atoms with Crippen LogP contribution >= 0.6 is 0 Å². The third-order valence-corrected chi connectivity index (χ3v) is 4.74. The van der Waals surface area contributed by atoms with Crippen LogP contribution in [-0.4, -0.2) is 48.3 Å². The minimum absolute atomic E-state index is 0.0182. The molecule has 1 fully saturated rings. The van der Waals surface area contributed by atoms with Crippen molar-refractivity contribution in [2.45, 2.75) is 18.9 Å². The molecular formula is C21H22FN3O3. The summed E-state index contributed by atoms with van der Waals surface area (Å²) in [5.41, 5.74) is 0.523. The second kappa shape index (κ2) is 9.12. The fourth-order valence-corrected chi connectivity index (χ4v) is 3.14. The topological polar surface area (TPSA) is 78.5 Å². The van der Waals surface area contributed by atoms with Gasteiger partial charge in [-0.1, -0.05) is 30.3 Å². The Morgan fingerprint density at radius 2 is 1.57 bits per heavy atom. The van der Waals surface area contributed by atoms with E-state index in [9.17, 15) is 18.8 Å². The molecular weight excluding hydrogens is 361 g/mol. The standard InChI is InChI=1S/C21H22FN3O3/c22-18-9-5-4-8-17(18)21(28)24-16-10-12-25(13-11-16)19(26)14-23-20(27)15-6-2-1-3-7-15/h1-9,16H,10-14H2,(H,23,27)(H,24,28). The van der Waals surface area contributed by atoms with Crippen LogP contribution in [0.1, 0.15) is 33.6 Å². The summed E-state index contributed by atoms with van der Waals surface area (Å²) in [5.74, 6) is -1.45. The van der Waals surface area contributed by atoms with Crippen molar-refractivity contribution in [1.29, 1.82) is 0 Å². The predicted molar refractivity (Wildman–Crippen MR) is 102 cm³/mol. The smallest absolute Gasteiger partial charge is 0.254 e. The molecule has 0 aliphatic carbocycles. The van der Waals surface area contributed by atoms with Crippen molar-refractivity contribution in [1.82, 2.24) is 15.5 Å². The number of rotatable bonds is 5. The maximum atomic E-state index is 13.7. The second-order valence-corrected chi connectivity index (χ2v) is 6.66. The molecule has 0 bridgehead atoms. The van der Waals surface area contributed by atoms with E-state index in [-0.39, 0.29) is 30.0 Å². The van der Waals surface area contributed by atoms with Crippen LogP contribution in [0.3, 0.4) is 0 Å². The molecule has 0 atom stereocenters. The SMILES string of the molecule is O=C(NCC(=O)N1CCC(NC(=O)c2ccccc2F)CC1)c1ccccc1. The quantitative estimate of drug-likeness (QED) is 0.829. The summed E-state index contributed by atoms with van der Waals surface area (Å²) in [6.45, 7) is 0.879. The largest absolute Gasteiger partial charge is 0.349 e. The molecule has 3 amide bonds. The van der Waals surface area contributed by atoms with Gasteiger partial charge in [0.25, 0.3) is 11.8 Å². The minimum atomic E-state index is -0.554. The van der Waals surface area contributed by atoms with Crippen LogP contribution in [0.15, 0.2) is 54.6 Å². The fourth-order valence-electron chi connectivity index (χ4n) is 3.14. The van der Waals surface area contributed by atoms with E-state index < -0.39 is 11.7 Å². The first kappa shape index (κ1) is 19.5. The highest BCUT2D eigenvalue weighted by atomic mass is 19.1. The van der Waals surface area contributed by atoms with Crippen LogP contribution in [0.2, 0.25) is 0 Å². The van der Waals surface area contributed by atoms with Crippen molar-refractivity contribution in [2.24, 2.45) is 0 Å². The van der Waals surface area contributed by atoms with Gasteiger partial charge in [-0.3, -0.25) is 14.4 Å². The number of carbonyl (C=O) groups is 3. The summed E-state index contributed by atoms with van der Waals surface area (Å²) in [7, 11) is 0. The number of nitrogens with zero attached hydrogens (tertiary/aromatic N) is 1. The van der Waals surface area contributed by atoms with Gasteiger partial charge < -0.3 is 15.5 Å². The van der Waals surface area contributed by atoms with Crippen molar-refractivity contribution in [3.8, 4) is 0 Å². The number of nitrogens with one attached hydrogen (secondary N) is 2. The molecule has 0 saturated carbocycles. The lowest BCUT2D eigenvalue weighted by Crippen LogP contribution is -2.49. The number of halogens is 1. The number of amides is 3. The van der Waals surface area contributed by atoms with Crippen molar-refractivity contribution in [2.75, 3.05) is 19.6 Å². The van der Waals surface area contributed by atoms with Gasteiger partial charge in [-0.05, 0) is 37.1 Å². The Hall–Kier alpha value is -3.22. The van der Waals surface area contributed by atoms with Crippen LogP contribution in [0, 0.1) is 5.82 Å². The van der Waals surface area contributed by atoms with Gasteiger partial charge in [-0.25, -0.2) is 4.39 Å². The number of benzene rings is 2. The summed E-state index contributed by atoms with van der Waals surface area (Å²) < 4.78 is 13.7. The summed E-state index contributed by atoms with van der Waals surface area (Å²) in [6.07, 6.45) is 1.16. The molecule has 0 radical (unpaired) electrons. The molecule has 1 aliphatic heterocycles. The molecule has 2 aromatic carbocycles. The molecule has 2 aromatic rings. The summed E-state index contributed by atoms with van der Waals surface area (Å²) in [6, 6.07) is 14.4. The van der Waals surface area contributed by atoms with E-state index >= 15 is 0 Å². The summed E-state index contributed by atoms with van der Waals surface area (Å²) >= 11 is 0. The Kier molecular flexibility index (Phi) is 6.37. The molecule has 1 heterocycles. The van der Waals surface area contributed by atoms with Crippen molar-refractivity contribution < 1.29 is 18.8 Å². The number of likely N-dealkylation sites (tertiary alicyclic amines) is 1. The van der Waals surface area contributed by atoms with E-state index in [0.717, 1.165) is 0 Å². The van der Waals surface area contributed by atoms with Crippen molar-refractivity contribution in [3.05, 3.63) is 71.5 Å². The molecule has 0 aromatic heterocycles. The molecule has 0 unspecified atom stereocenters. The van der Waals surface area contributed by atoms with E-state index in [1.807, 2.05) is 6.07 Å². The van der Waals surface area contributed by atoms with Crippen LogP contribution < -0.4 is 10.6 Å². The van der Waals surface area contributed by atoms with Gasteiger partial charge in [-0.2, -0.15) is 0 Å². The first-order valence-corrected chi connectivity index (χ1v) is 9.21. The average molecular weight is 383 g/mol. The van der Waals surface area contributed by atoms with Crippen LogP contribution in [-0.2, 0) is 4.79 Å². The number of hydrogen-bond donors (Lipinski definition) is 2. The zero-order valence-corrected chi connectivity index (χ0v) is 15.4. The highest BCUT2D eigenvalue weighted by molar-refractivity contribution is 5.96. The van der Waals surface area contributed by atoms with Gasteiger partial charge in [0.05, 0.1) is 12.1 Å². The first-order chi connectivity index (χ1) is 13.5. The predicted octanol–water partition coefficient (Wildman–Crippen LogP) is 1.98. The Morgan fingerprint density at radius 3 is 2.25 bits per heavy atom. The Morgan fingerprint density at radius 1 is 0.929 bits per heavy atom. The Balaban J connectivity index is 1.43. The van der Waals surface area contributed by atoms with Crippen molar-refractivity contribution >= 4 is 17.7 Å². The molecule has 1 aliphatic rings. The lowest BCUT2D eigenvalue weighted by Gasteiger charge is -2.32. The molecule has 6 nitrogen and oxygen atoms in total. The van der Waals surface area contributed by atoms with Crippen LogP contribution in [0.5, 0.6) is 0 Å². The lowest BCUT2D eigenvalue weighted by molar-refractivity contribution is -0.131. The van der Waals surface area contributed by atoms with Gasteiger partial charge >= 0.3 is 0 Å². The minimum Gasteiger partial charge on any atom is -0.349 e. The molecule has 146 valence electrons. The van der Waals surface area contributed by atoms with E-state index in [4.69, 9.17) is 0 Å². The zero-order chi connectivity index (χ0) is 19.9. The van der Waals surface area contributed by atoms with E-state index in [0.29, 0.717) is 31.5 Å². The molecule has 0 spiro atoms. The number of piperidine rings is 1. The molecule has 7 heteroatoms. The fraction of sp³-hybridized carbons (Fsp3) is 0.286. The van der Waals surface area contributed by atoms with Gasteiger partial charge in [0.2, 0.25) is 5.91 Å². The average Bonchev–Trinajstić information content (AvgIpc) is 2.73. The molecule has 3 rings (SSSR count). The van der Waals surface area contributed by atoms with E-state index in [1.165, 1.54) is 18.2 Å². The first-order valence-electron chi connectivity index (χ1n) is 9.21. The van der Waals surface area contributed by atoms with Crippen molar-refractivity contribution in [3.63, 3.8) is 0 Å². The third kappa shape index (κ3) is 4.94. The van der Waals surface area contributed by atoms with Gasteiger partial charge in [-0.15, -0.1) is 0 Å². The number of hydrogen-bond acceptors (Lipinski definition) is 3. The van der Waals surface area contributed by atoms with Gasteiger partial charge in [0.1, 0.15) is 5.82 Å². The molecule has 1 saturated heterocycles. The lowest BCUT2D eigenvalue weighted by atomic mass is 10.0. The molecule has 2 N–H and O–H groups in total. The maximum Gasteiger partial charge on any atom is 0.254 e. The normalized spacial score (nSPS) is 14.4. The van der Waals surface area contributed by atoms with E-state index in [2.05, 4.69) is 10.6 Å². The van der Waals surface area contributed by atoms with Gasteiger partial charge in [0.15, 0.2) is 0 Å². The number of carbonyl (C=O) groups excluding carboxylic acids is 3. The highest BCUT2D eigenvalue weighted by Gasteiger charge is 2.25. The Labute approximate surface area is 162 Å².